The second-order valence-corrected chi connectivity index (χ2v) is 10.5. The maximum absolute atomic E-state index is 15.2. The van der Waals surface area contributed by atoms with E-state index < -0.39 is 17.3 Å². The lowest BCUT2D eigenvalue weighted by Gasteiger charge is -2.45. The first-order valence-corrected chi connectivity index (χ1v) is 12.2. The van der Waals surface area contributed by atoms with Gasteiger partial charge in [0.1, 0.15) is 15.6 Å². The Bertz CT molecular complexity index is 1240. The van der Waals surface area contributed by atoms with Crippen LogP contribution in [0.4, 0.5) is 13.2 Å². The van der Waals surface area contributed by atoms with Gasteiger partial charge in [-0.2, -0.15) is 13.2 Å². The van der Waals surface area contributed by atoms with E-state index >= 15 is 13.2 Å². The molecule has 2 aromatic carbocycles. The molecule has 0 bridgehead atoms. The minimum atomic E-state index is -4.58. The van der Waals surface area contributed by atoms with Crippen LogP contribution >= 0.6 is 23.5 Å². The van der Waals surface area contributed by atoms with Crippen molar-refractivity contribution < 1.29 is 13.2 Å². The van der Waals surface area contributed by atoms with E-state index in [9.17, 15) is 0 Å². The van der Waals surface area contributed by atoms with Crippen molar-refractivity contribution >= 4 is 33.6 Å². The van der Waals surface area contributed by atoms with Crippen LogP contribution in [0, 0.1) is 0 Å². The molecule has 0 N–H and O–H groups in total. The summed E-state index contributed by atoms with van der Waals surface area (Å²) in [6.45, 7) is 1.64. The zero-order chi connectivity index (χ0) is 22.1. The van der Waals surface area contributed by atoms with Gasteiger partial charge in [0.15, 0.2) is 0 Å². The normalized spacial score (nSPS) is 29.0. The molecule has 2 atom stereocenters. The molecule has 1 fully saturated rings. The number of thioether (sulfide) groups is 2. The van der Waals surface area contributed by atoms with Crippen molar-refractivity contribution in [2.75, 3.05) is 0 Å². The van der Waals surface area contributed by atoms with Crippen molar-refractivity contribution in [1.29, 1.82) is 0 Å². The summed E-state index contributed by atoms with van der Waals surface area (Å²) in [5.41, 5.74) is -0.449. The number of nitrogens with zero attached hydrogens (tertiary/aromatic N) is 2. The number of alkyl halides is 3. The molecule has 0 aromatic heterocycles. The van der Waals surface area contributed by atoms with E-state index in [1.165, 1.54) is 23.5 Å². The van der Waals surface area contributed by atoms with Crippen molar-refractivity contribution in [2.24, 2.45) is 9.98 Å². The summed E-state index contributed by atoms with van der Waals surface area (Å²) in [7, 11) is 0. The molecule has 0 radical (unpaired) electrons. The molecule has 7 heteroatoms. The first-order chi connectivity index (χ1) is 15.4. The van der Waals surface area contributed by atoms with E-state index in [1.807, 2.05) is 60.7 Å². The lowest BCUT2D eigenvalue weighted by atomic mass is 9.71. The second kappa shape index (κ2) is 6.87. The predicted octanol–water partition coefficient (Wildman–Crippen LogP) is 7.14. The van der Waals surface area contributed by atoms with E-state index in [1.54, 1.807) is 6.92 Å². The zero-order valence-corrected chi connectivity index (χ0v) is 18.9. The molecular weight excluding hydrogens is 449 g/mol. The van der Waals surface area contributed by atoms with Gasteiger partial charge in [0, 0.05) is 20.9 Å². The number of hydrogen-bond acceptors (Lipinski definition) is 4. The molecule has 32 heavy (non-hydrogen) atoms. The Labute approximate surface area is 192 Å². The van der Waals surface area contributed by atoms with Crippen LogP contribution in [0.25, 0.3) is 0 Å². The third-order valence-corrected chi connectivity index (χ3v) is 9.32. The second-order valence-electron chi connectivity index (χ2n) is 8.52. The summed E-state index contributed by atoms with van der Waals surface area (Å²) in [5.74, 6) is 0. The van der Waals surface area contributed by atoms with Crippen LogP contribution in [-0.4, -0.2) is 27.3 Å². The Morgan fingerprint density at radius 1 is 0.750 bits per heavy atom. The first kappa shape index (κ1) is 20.4. The van der Waals surface area contributed by atoms with Crippen LogP contribution in [0.5, 0.6) is 0 Å². The van der Waals surface area contributed by atoms with Crippen molar-refractivity contribution in [3.63, 3.8) is 0 Å². The lowest BCUT2D eigenvalue weighted by Crippen LogP contribution is -2.60. The fourth-order valence-corrected chi connectivity index (χ4v) is 8.10. The zero-order valence-electron chi connectivity index (χ0n) is 17.2. The van der Waals surface area contributed by atoms with Gasteiger partial charge in [-0.1, -0.05) is 84.2 Å². The molecule has 0 saturated heterocycles. The molecule has 4 aliphatic rings. The Morgan fingerprint density at radius 3 is 1.81 bits per heavy atom. The molecular formula is C25H19F3N2S2. The van der Waals surface area contributed by atoms with Crippen LogP contribution in [-0.2, 0) is 0 Å². The third-order valence-electron chi connectivity index (χ3n) is 6.68. The van der Waals surface area contributed by atoms with Crippen LogP contribution in [0.2, 0.25) is 0 Å². The Morgan fingerprint density at radius 2 is 1.25 bits per heavy atom. The molecule has 2 heterocycles. The molecule has 2 unspecified atom stereocenters. The number of aliphatic imine (C=N–C) groups is 2. The van der Waals surface area contributed by atoms with Gasteiger partial charge in [-0.15, -0.1) is 0 Å². The highest BCUT2D eigenvalue weighted by atomic mass is 32.2. The van der Waals surface area contributed by atoms with Crippen molar-refractivity contribution in [2.45, 2.75) is 43.4 Å². The Hall–Kier alpha value is -2.25. The topological polar surface area (TPSA) is 24.7 Å². The smallest absolute Gasteiger partial charge is 0.262 e. The highest BCUT2D eigenvalue weighted by Gasteiger charge is 2.75. The van der Waals surface area contributed by atoms with E-state index in [2.05, 4.69) is 4.99 Å². The quantitative estimate of drug-likeness (QED) is 0.468. The molecule has 1 saturated carbocycles. The summed E-state index contributed by atoms with van der Waals surface area (Å²) >= 11 is 2.59. The van der Waals surface area contributed by atoms with Gasteiger partial charge in [0.2, 0.25) is 5.54 Å². The summed E-state index contributed by atoms with van der Waals surface area (Å²) in [6, 6.07) is 18.7. The standard InChI is InChI=1S/C25H19F3N2S2/c1-23-19(31-21(29-23)15-9-4-2-5-10-15)17-13-8-14-18(17)20-24(23,25(26,27)28)30-22(32-20)16-11-6-3-7-12-16/h2-7,9-12H,8,13-14H2,1H3. The van der Waals surface area contributed by atoms with Gasteiger partial charge in [-0.05, 0) is 37.3 Å². The minimum absolute atomic E-state index is 0.335. The predicted molar refractivity (Wildman–Crippen MR) is 126 cm³/mol. The number of benzene rings is 2. The largest absolute Gasteiger partial charge is 0.421 e. The molecule has 2 aliphatic heterocycles. The summed E-state index contributed by atoms with van der Waals surface area (Å²) in [4.78, 5) is 10.4. The first-order valence-electron chi connectivity index (χ1n) is 10.6. The molecule has 2 nitrogen and oxygen atoms in total. The Balaban J connectivity index is 1.64. The monoisotopic (exact) mass is 468 g/mol. The lowest BCUT2D eigenvalue weighted by molar-refractivity contribution is -0.183. The van der Waals surface area contributed by atoms with Gasteiger partial charge in [-0.3, -0.25) is 9.98 Å². The molecule has 162 valence electrons. The van der Waals surface area contributed by atoms with Crippen molar-refractivity contribution in [1.82, 2.24) is 0 Å². The van der Waals surface area contributed by atoms with Crippen LogP contribution in [0.15, 0.2) is 91.6 Å². The SMILES string of the molecule is CC12N=C(c3ccccc3)SC1=C1CCCC1=C1SC(c3ccccc3)=NC12C(F)(F)F. The average molecular weight is 469 g/mol. The maximum Gasteiger partial charge on any atom is 0.421 e. The number of rotatable bonds is 2. The number of hydrogen-bond donors (Lipinski definition) is 0. The van der Waals surface area contributed by atoms with Gasteiger partial charge in [-0.25, -0.2) is 0 Å². The van der Waals surface area contributed by atoms with Gasteiger partial charge in [0.05, 0.1) is 0 Å². The van der Waals surface area contributed by atoms with E-state index in [0.29, 0.717) is 27.0 Å². The molecule has 6 rings (SSSR count). The van der Waals surface area contributed by atoms with Crippen molar-refractivity contribution in [3.8, 4) is 0 Å². The van der Waals surface area contributed by atoms with Crippen LogP contribution in [0.1, 0.15) is 37.3 Å². The van der Waals surface area contributed by atoms with Gasteiger partial charge >= 0.3 is 6.18 Å². The number of halogens is 3. The summed E-state index contributed by atoms with van der Waals surface area (Å²) in [6.07, 6.45) is -2.26. The third kappa shape index (κ3) is 2.58. The minimum Gasteiger partial charge on any atom is -0.262 e. The Kier molecular flexibility index (Phi) is 4.37. The maximum atomic E-state index is 15.2. The highest BCUT2D eigenvalue weighted by Crippen LogP contribution is 2.68. The highest BCUT2D eigenvalue weighted by molar-refractivity contribution is 8.18. The molecule has 2 aliphatic carbocycles. The molecule has 2 aromatic rings. The molecule has 0 amide bonds. The van der Waals surface area contributed by atoms with E-state index in [4.69, 9.17) is 4.99 Å². The van der Waals surface area contributed by atoms with Gasteiger partial charge < -0.3 is 0 Å². The van der Waals surface area contributed by atoms with E-state index in [0.717, 1.165) is 34.5 Å². The van der Waals surface area contributed by atoms with E-state index in [-0.39, 0.29) is 0 Å². The number of fused-ring (bicyclic) bond motifs is 4. The van der Waals surface area contributed by atoms with Gasteiger partial charge in [0.25, 0.3) is 0 Å². The average Bonchev–Trinajstić information content (AvgIpc) is 3.50. The van der Waals surface area contributed by atoms with Crippen LogP contribution in [0.3, 0.4) is 0 Å². The van der Waals surface area contributed by atoms with Crippen LogP contribution < -0.4 is 0 Å². The number of allylic oxidation sites excluding steroid dienone is 2. The summed E-state index contributed by atoms with van der Waals surface area (Å²) in [5, 5.41) is 1.06. The van der Waals surface area contributed by atoms with Crippen molar-refractivity contribution in [3.05, 3.63) is 92.7 Å². The summed E-state index contributed by atoms with van der Waals surface area (Å²) < 4.78 is 45.6. The fourth-order valence-electron chi connectivity index (χ4n) is 5.20. The fraction of sp³-hybridized carbons (Fsp3) is 0.280. The molecule has 0 spiro atoms.